The highest BCUT2D eigenvalue weighted by Gasteiger charge is 2.16. The van der Waals surface area contributed by atoms with Gasteiger partial charge in [0.2, 0.25) is 0 Å². The minimum atomic E-state index is -0.487. The lowest BCUT2D eigenvalue weighted by atomic mass is 10.1. The minimum Gasteiger partial charge on any atom is -0.468 e. The van der Waals surface area contributed by atoms with Crippen LogP contribution in [0.2, 0.25) is 0 Å². The highest BCUT2D eigenvalue weighted by Crippen LogP contribution is 2.28. The standard InChI is InChI=1S/C9H7NO2/c11-5-9-7-3-1-2-4-8(7)10-6-12-9/h1-6,9H. The van der Waals surface area contributed by atoms with Gasteiger partial charge in [-0.25, -0.2) is 4.99 Å². The first kappa shape index (κ1) is 7.03. The largest absolute Gasteiger partial charge is 0.468 e. The number of hydrogen-bond donors (Lipinski definition) is 0. The molecule has 60 valence electrons. The second-order valence-electron chi connectivity index (χ2n) is 2.49. The van der Waals surface area contributed by atoms with E-state index < -0.39 is 6.10 Å². The van der Waals surface area contributed by atoms with Gasteiger partial charge in [0.1, 0.15) is 0 Å². The summed E-state index contributed by atoms with van der Waals surface area (Å²) < 4.78 is 4.99. The monoisotopic (exact) mass is 161 g/mol. The smallest absolute Gasteiger partial charge is 0.182 e. The number of ether oxygens (including phenoxy) is 1. The van der Waals surface area contributed by atoms with Gasteiger partial charge in [0, 0.05) is 5.56 Å². The maximum Gasteiger partial charge on any atom is 0.182 e. The molecule has 3 nitrogen and oxygen atoms in total. The van der Waals surface area contributed by atoms with Crippen LogP contribution in [0.1, 0.15) is 11.7 Å². The molecule has 1 aliphatic rings. The zero-order valence-corrected chi connectivity index (χ0v) is 6.31. The summed E-state index contributed by atoms with van der Waals surface area (Å²) in [5, 5.41) is 0. The number of hydrogen-bond acceptors (Lipinski definition) is 3. The fourth-order valence-electron chi connectivity index (χ4n) is 1.18. The summed E-state index contributed by atoms with van der Waals surface area (Å²) in [4.78, 5) is 14.5. The summed E-state index contributed by atoms with van der Waals surface area (Å²) in [6, 6.07) is 7.43. The minimum absolute atomic E-state index is 0.487. The fraction of sp³-hybridized carbons (Fsp3) is 0.111. The molecule has 0 spiro atoms. The van der Waals surface area contributed by atoms with Crippen molar-refractivity contribution < 1.29 is 9.53 Å². The maximum atomic E-state index is 10.5. The normalized spacial score (nSPS) is 19.5. The Morgan fingerprint density at radius 3 is 3.08 bits per heavy atom. The Morgan fingerprint density at radius 1 is 1.42 bits per heavy atom. The summed E-state index contributed by atoms with van der Waals surface area (Å²) in [6.45, 7) is 0. The van der Waals surface area contributed by atoms with Gasteiger partial charge < -0.3 is 4.74 Å². The Morgan fingerprint density at radius 2 is 2.25 bits per heavy atom. The number of para-hydroxylation sites is 1. The summed E-state index contributed by atoms with van der Waals surface area (Å²) in [7, 11) is 0. The van der Waals surface area contributed by atoms with E-state index in [4.69, 9.17) is 4.74 Å². The lowest BCUT2D eigenvalue weighted by Crippen LogP contribution is -2.08. The summed E-state index contributed by atoms with van der Waals surface area (Å²) in [6.07, 6.45) is 1.59. The van der Waals surface area contributed by atoms with E-state index in [1.54, 1.807) is 0 Å². The van der Waals surface area contributed by atoms with Crippen molar-refractivity contribution in [1.82, 2.24) is 0 Å². The number of aliphatic imine (C=N–C) groups is 1. The van der Waals surface area contributed by atoms with Crippen molar-refractivity contribution in [2.45, 2.75) is 6.10 Å². The predicted molar refractivity (Wildman–Crippen MR) is 44.5 cm³/mol. The number of nitrogens with zero attached hydrogens (tertiary/aromatic N) is 1. The quantitative estimate of drug-likeness (QED) is 0.587. The van der Waals surface area contributed by atoms with Crippen LogP contribution in [-0.2, 0) is 9.53 Å². The fourth-order valence-corrected chi connectivity index (χ4v) is 1.18. The van der Waals surface area contributed by atoms with Crippen LogP contribution >= 0.6 is 0 Å². The van der Waals surface area contributed by atoms with Crippen LogP contribution in [0.4, 0.5) is 5.69 Å². The number of fused-ring (bicyclic) bond motifs is 1. The van der Waals surface area contributed by atoms with Crippen molar-refractivity contribution in [3.63, 3.8) is 0 Å². The Kier molecular flexibility index (Phi) is 1.63. The molecule has 0 saturated heterocycles. The molecular weight excluding hydrogens is 154 g/mol. The van der Waals surface area contributed by atoms with E-state index in [2.05, 4.69) is 4.99 Å². The molecule has 3 heteroatoms. The summed E-state index contributed by atoms with van der Waals surface area (Å²) in [5.74, 6) is 0. The second-order valence-corrected chi connectivity index (χ2v) is 2.49. The van der Waals surface area contributed by atoms with Gasteiger partial charge in [-0.2, -0.15) is 0 Å². The first-order chi connectivity index (χ1) is 5.92. The lowest BCUT2D eigenvalue weighted by Gasteiger charge is -2.15. The molecule has 12 heavy (non-hydrogen) atoms. The molecule has 1 unspecified atom stereocenters. The molecule has 1 aromatic carbocycles. The Balaban J connectivity index is 2.52. The second kappa shape index (κ2) is 2.77. The van der Waals surface area contributed by atoms with Crippen LogP contribution in [0.25, 0.3) is 0 Å². The molecule has 0 radical (unpaired) electrons. The lowest BCUT2D eigenvalue weighted by molar-refractivity contribution is -0.114. The Labute approximate surface area is 69.7 Å². The van der Waals surface area contributed by atoms with Gasteiger partial charge in [-0.3, -0.25) is 4.79 Å². The molecule has 2 rings (SSSR count). The molecule has 0 aliphatic carbocycles. The molecule has 1 heterocycles. The van der Waals surface area contributed by atoms with E-state index in [1.165, 1.54) is 6.40 Å². The van der Waals surface area contributed by atoms with E-state index in [1.807, 2.05) is 24.3 Å². The molecule has 1 aliphatic heterocycles. The van der Waals surface area contributed by atoms with Crippen LogP contribution in [0, 0.1) is 0 Å². The Bertz CT molecular complexity index is 333. The van der Waals surface area contributed by atoms with Crippen LogP contribution in [0.15, 0.2) is 29.3 Å². The Hall–Kier alpha value is -1.64. The van der Waals surface area contributed by atoms with Gasteiger partial charge >= 0.3 is 0 Å². The molecule has 0 fully saturated rings. The van der Waals surface area contributed by atoms with Crippen molar-refractivity contribution >= 4 is 18.4 Å². The van der Waals surface area contributed by atoms with Crippen molar-refractivity contribution in [2.24, 2.45) is 4.99 Å². The average Bonchev–Trinajstić information content (AvgIpc) is 2.17. The topological polar surface area (TPSA) is 38.7 Å². The number of carbonyl (C=O) groups is 1. The number of aldehydes is 1. The van der Waals surface area contributed by atoms with Gasteiger partial charge in [-0.1, -0.05) is 18.2 Å². The van der Waals surface area contributed by atoms with Gasteiger partial charge in [-0.05, 0) is 6.07 Å². The van der Waals surface area contributed by atoms with E-state index in [0.29, 0.717) is 0 Å². The first-order valence-corrected chi connectivity index (χ1v) is 3.64. The van der Waals surface area contributed by atoms with Gasteiger partial charge in [0.15, 0.2) is 18.8 Å². The molecule has 0 amide bonds. The molecule has 0 aromatic heterocycles. The molecule has 1 aromatic rings. The zero-order chi connectivity index (χ0) is 8.39. The third kappa shape index (κ3) is 0.993. The number of carbonyl (C=O) groups excluding carboxylic acids is 1. The van der Waals surface area contributed by atoms with Crippen molar-refractivity contribution in [2.75, 3.05) is 0 Å². The van der Waals surface area contributed by atoms with E-state index in [-0.39, 0.29) is 0 Å². The number of benzene rings is 1. The van der Waals surface area contributed by atoms with Crippen LogP contribution in [0.5, 0.6) is 0 Å². The molecule has 0 saturated carbocycles. The van der Waals surface area contributed by atoms with Gasteiger partial charge in [0.25, 0.3) is 0 Å². The molecule has 0 bridgehead atoms. The van der Waals surface area contributed by atoms with E-state index in [0.717, 1.165) is 17.5 Å². The van der Waals surface area contributed by atoms with Crippen LogP contribution < -0.4 is 0 Å². The highest BCUT2D eigenvalue weighted by molar-refractivity contribution is 5.72. The van der Waals surface area contributed by atoms with Crippen molar-refractivity contribution in [1.29, 1.82) is 0 Å². The van der Waals surface area contributed by atoms with E-state index in [9.17, 15) is 4.79 Å². The first-order valence-electron chi connectivity index (χ1n) is 3.64. The van der Waals surface area contributed by atoms with Crippen molar-refractivity contribution in [3.8, 4) is 0 Å². The highest BCUT2D eigenvalue weighted by atomic mass is 16.5. The van der Waals surface area contributed by atoms with Crippen molar-refractivity contribution in [3.05, 3.63) is 29.8 Å². The summed E-state index contributed by atoms with van der Waals surface area (Å²) in [5.41, 5.74) is 1.64. The molecular formula is C9H7NO2. The van der Waals surface area contributed by atoms with Gasteiger partial charge in [-0.15, -0.1) is 0 Å². The van der Waals surface area contributed by atoms with Gasteiger partial charge in [0.05, 0.1) is 5.69 Å². The molecule has 0 N–H and O–H groups in total. The maximum absolute atomic E-state index is 10.5. The third-order valence-corrected chi connectivity index (χ3v) is 1.77. The summed E-state index contributed by atoms with van der Waals surface area (Å²) >= 11 is 0. The zero-order valence-electron chi connectivity index (χ0n) is 6.31. The predicted octanol–water partition coefficient (Wildman–Crippen LogP) is 1.62. The third-order valence-electron chi connectivity index (χ3n) is 1.77. The van der Waals surface area contributed by atoms with Crippen LogP contribution in [-0.4, -0.2) is 12.7 Å². The van der Waals surface area contributed by atoms with Crippen LogP contribution in [0.3, 0.4) is 0 Å². The molecule has 1 atom stereocenters. The van der Waals surface area contributed by atoms with E-state index >= 15 is 0 Å². The number of rotatable bonds is 1. The average molecular weight is 161 g/mol. The SMILES string of the molecule is O=CC1OC=Nc2ccccc21.